The maximum Gasteiger partial charge on any atom is 0.219 e. The maximum absolute atomic E-state index is 11.0. The van der Waals surface area contributed by atoms with Crippen LogP contribution in [0.4, 0.5) is 0 Å². The van der Waals surface area contributed by atoms with Crippen molar-refractivity contribution >= 4 is 126 Å². The maximum atomic E-state index is 11.0. The zero-order valence-corrected chi connectivity index (χ0v) is 99.5. The number of carbonyl (C=O) groups excluding carboxylic acids is 8. The molecule has 736 valence electrons. The van der Waals surface area contributed by atoms with Gasteiger partial charge in [-0.2, -0.15) is 39.0 Å². The number of hydrogen-bond donors (Lipinski definition) is 3. The van der Waals surface area contributed by atoms with Crippen LogP contribution < -0.4 is 16.0 Å². The molecule has 10 aliphatic rings. The smallest absolute Gasteiger partial charge is 0.219 e. The van der Waals surface area contributed by atoms with Crippen LogP contribution >= 0.6 is 0 Å². The zero-order valence-electron chi connectivity index (χ0n) is 82.5. The van der Waals surface area contributed by atoms with Crippen molar-refractivity contribution in [3.05, 3.63) is 144 Å². The minimum Gasteiger partial charge on any atom is -0.542 e. The number of amides is 6. The van der Waals surface area contributed by atoms with Gasteiger partial charge in [0, 0.05) is 507 Å². The first-order valence-electron chi connectivity index (χ1n) is 44.1. The van der Waals surface area contributed by atoms with Crippen molar-refractivity contribution in [1.29, 1.82) is 0 Å². The van der Waals surface area contributed by atoms with Crippen LogP contribution in [-0.2, 0) is 235 Å². The molecule has 6 amide bonds. The van der Waals surface area contributed by atoms with Gasteiger partial charge in [-0.1, -0.05) is 256 Å². The van der Waals surface area contributed by atoms with E-state index in [1.165, 1.54) is 75.5 Å². The van der Waals surface area contributed by atoms with Crippen molar-refractivity contribution < 1.29 is 235 Å². The molecule has 4 aromatic carbocycles. The fraction of sp³-hybridized carbons (Fsp3) is 0.663. The molecular weight excluding hydrogens is 2130 g/mol. The minimum absolute atomic E-state index is 0. The van der Waals surface area contributed by atoms with E-state index in [0.717, 1.165) is 202 Å². The van der Waals surface area contributed by atoms with Gasteiger partial charge in [-0.3, -0.25) is 35.6 Å². The van der Waals surface area contributed by atoms with Crippen LogP contribution in [0.25, 0.3) is 0 Å². The van der Waals surface area contributed by atoms with Crippen molar-refractivity contribution in [3.8, 4) is 0 Å². The average molecular weight is 2310 g/mol. The first-order chi connectivity index (χ1) is 59.2. The van der Waals surface area contributed by atoms with Crippen LogP contribution in [0.2, 0.25) is 0 Å². The minimum atomic E-state index is -0.667. The van der Waals surface area contributed by atoms with E-state index in [1.54, 1.807) is 31.4 Å². The normalized spacial score (nSPS) is 15.8. The largest absolute Gasteiger partial charge is 0.542 e. The zero-order chi connectivity index (χ0) is 92.9. The predicted molar refractivity (Wildman–Crippen MR) is 564 cm³/mol. The number of benzene rings is 4. The summed E-state index contributed by atoms with van der Waals surface area (Å²) in [4.78, 5) is 108. The summed E-state index contributed by atoms with van der Waals surface area (Å²) >= 11 is 0. The molecule has 0 saturated carbocycles. The third kappa shape index (κ3) is 82.6. The van der Waals surface area contributed by atoms with Gasteiger partial charge < -0.3 is 88.7 Å². The molecule has 135 heavy (non-hydrogen) atoms. The summed E-state index contributed by atoms with van der Waals surface area (Å²) in [6.07, 6.45) is 10.4. The fourth-order valence-electron chi connectivity index (χ4n) is 13.1. The molecule has 0 aromatic heterocycles. The molecule has 0 unspecified atom stereocenters. The van der Waals surface area contributed by atoms with E-state index in [2.05, 4.69) is 247 Å². The molecular formula is C95H174B10N16O8Y6-6. The molecule has 24 radical (unpaired) electrons. The summed E-state index contributed by atoms with van der Waals surface area (Å²) < 4.78 is 0. The van der Waals surface area contributed by atoms with Gasteiger partial charge >= 0.3 is 0 Å². The van der Waals surface area contributed by atoms with E-state index in [-0.39, 0.29) is 261 Å². The van der Waals surface area contributed by atoms with Gasteiger partial charge in [0.05, 0.1) is 12.1 Å². The standard InChI is InChI=1S/C21H24N3O.C17H19N.C10H16N3O2.C8H14N3O.C6H11N2O.C5H9N2O.C5H12N2.C3H6O.C2H3O.6C2H6.6CH4.B4.B3.B2.B.6Y/c25-17-22-11-13-23(14-12-22)20-15-24(16-20)21(18-7-3-1-4-8-18)19-9-5-2-6-10-19;1-14-12-18(13-14)17(15-8-4-2-5-9-15)16-10-6-3-7-11-16;1-9(15)13-6-10(7-13)12-4-2-11(8-14)3-5-12;12-7-10-1-3-11(4-2-10)8-5-9-6-8;1-7-2-4-8(6-9)5-3-7;8-5-7-3-1-6-2-4-7;1-7-4-2-6-3-5-7;1-3(2)4;1-2-3;6*1-2;;;;;;;1-4(2)3;1-3-2;1-2;;;;;;;/h1-10,20-21H,11-16H2;2-11,14,17H,12-13H2,1H3;10H,2-7H2,1H3;8-9H,1-6H2;2-5H2,1H3;6H,1-4H2;6H,2-5H2,1H3;1-2H3;1H3;6*1-2H3;6*1H4;;;;;;;;;;/q-1;;4*-1;;;-1;;;;;;;;;;;;;;;;;;;;;;. The molecule has 4 aromatic rings. The van der Waals surface area contributed by atoms with E-state index in [1.807, 2.05) is 120 Å². The number of nitrogens with zero attached hydrogens (tertiary/aromatic N) is 13. The quantitative estimate of drug-likeness (QED) is 0.0804. The van der Waals surface area contributed by atoms with Crippen molar-refractivity contribution in [2.24, 2.45) is 5.92 Å². The second-order valence-corrected chi connectivity index (χ2v) is 28.0. The summed E-state index contributed by atoms with van der Waals surface area (Å²) in [6.45, 7) is 63.2. The molecule has 10 heterocycles. The Morgan fingerprint density at radius 3 is 0.756 bits per heavy atom. The summed E-state index contributed by atoms with van der Waals surface area (Å²) in [5.41, 5.74) is 5.51. The number of ketones is 1. The second kappa shape index (κ2) is 121. The molecule has 40 heteroatoms. The Balaban J connectivity index is -0.0000000773. The Bertz CT molecular complexity index is 2980. The van der Waals surface area contributed by atoms with Gasteiger partial charge in [0.1, 0.15) is 5.78 Å². The van der Waals surface area contributed by atoms with Crippen molar-refractivity contribution in [2.75, 3.05) is 224 Å². The van der Waals surface area contributed by atoms with E-state index in [0.29, 0.717) is 24.2 Å². The molecule has 0 aliphatic carbocycles. The molecule has 0 bridgehead atoms. The molecule has 3 N–H and O–H groups in total. The van der Waals surface area contributed by atoms with Crippen LogP contribution in [-0.4, -0.2) is 431 Å². The Kier molecular flexibility index (Phi) is 156. The van der Waals surface area contributed by atoms with Crippen molar-refractivity contribution in [1.82, 2.24) is 79.6 Å². The van der Waals surface area contributed by atoms with Gasteiger partial charge in [0.15, 0.2) is 0 Å². The predicted octanol–water partition coefficient (Wildman–Crippen LogP) is 8.06. The number of likely N-dealkylation sites (tertiary alicyclic amines) is 3. The molecule has 24 nitrogen and oxygen atoms in total. The third-order valence-corrected chi connectivity index (χ3v) is 19.3. The molecule has 14 rings (SSSR count). The molecule has 0 atom stereocenters. The van der Waals surface area contributed by atoms with Crippen LogP contribution in [0, 0.1) is 5.92 Å². The van der Waals surface area contributed by atoms with Gasteiger partial charge in [-0.15, -0.1) is 0 Å². The molecule has 10 aliphatic heterocycles. The number of rotatable bonds is 14. The van der Waals surface area contributed by atoms with Gasteiger partial charge in [-0.25, -0.2) is 0 Å². The van der Waals surface area contributed by atoms with E-state index in [4.69, 9.17) is 4.79 Å². The summed E-state index contributed by atoms with van der Waals surface area (Å²) in [5, 5.41) is 9.65. The van der Waals surface area contributed by atoms with Crippen LogP contribution in [0.15, 0.2) is 121 Å². The number of carbonyl (C=O) groups is 2. The number of hydrogen-bond acceptors (Lipinski definition) is 18. The third-order valence-electron chi connectivity index (χ3n) is 19.3. The Labute approximate surface area is 993 Å². The van der Waals surface area contributed by atoms with Crippen LogP contribution in [0.3, 0.4) is 0 Å². The van der Waals surface area contributed by atoms with E-state index >= 15 is 0 Å². The number of Topliss-reactive ketones (excluding diaryl/α,β-unsaturated/α-hetero) is 1. The first-order valence-corrected chi connectivity index (χ1v) is 44.1. The van der Waals surface area contributed by atoms with E-state index < -0.39 is 6.39 Å². The first kappa shape index (κ1) is 174. The van der Waals surface area contributed by atoms with Gasteiger partial charge in [-0.05, 0) is 56.1 Å². The molecule has 10 fully saturated rings. The Hall–Kier alpha value is -0.0873. The average Bonchev–Trinajstić information content (AvgIpc) is 0.774. The summed E-state index contributed by atoms with van der Waals surface area (Å²) in [5.74, 6) is 1.16. The van der Waals surface area contributed by atoms with Crippen molar-refractivity contribution in [3.63, 3.8) is 0 Å². The SMILES string of the molecule is C.C.C.C.C.C.CC.CC.CC.CC.CC.CC.CC(=O)N1CC(N2CCN([C-]=O)CC2)C1.CC(C)=O.CC1CN(C(c2ccccc2)c2ccccc2)C1.CN1CCN([C-]=O)CC1.CN1CCNCC1.C[C-]=O.O=[C-]N1CCN(C2CN(C(c3ccccc3)c3ccccc3)C2)CC1.O=[C-]N1CCN(C2CNC2)CC1.O=[C-]N1CCNCC1.[B].[B]B([B])[B].[B][B].[B][B][B].[Y].[Y].[Y].[Y].[Y].[Y]. The monoisotopic (exact) mass is 2310 g/mol. The fourth-order valence-corrected chi connectivity index (χ4v) is 13.1. The van der Waals surface area contributed by atoms with Gasteiger partial charge in [0.25, 0.3) is 0 Å². The van der Waals surface area contributed by atoms with Crippen LogP contribution in [0.5, 0.6) is 0 Å². The topological polar surface area (TPSA) is 215 Å². The summed E-state index contributed by atoms with van der Waals surface area (Å²) in [6, 6.07) is 45.8. The van der Waals surface area contributed by atoms with Crippen LogP contribution in [0.1, 0.15) is 197 Å². The number of nitrogens with one attached hydrogen (secondary N) is 3. The second-order valence-electron chi connectivity index (χ2n) is 28.0. The van der Waals surface area contributed by atoms with E-state index in [9.17, 15) is 33.6 Å². The van der Waals surface area contributed by atoms with Gasteiger partial charge in [0.2, 0.25) is 5.91 Å². The Morgan fingerprint density at radius 2 is 0.563 bits per heavy atom. The molecule has 10 saturated heterocycles. The van der Waals surface area contributed by atoms with Crippen molar-refractivity contribution in [2.45, 2.75) is 192 Å². The number of likely N-dealkylation sites (N-methyl/N-ethyl adjacent to an activating group) is 2. The summed E-state index contributed by atoms with van der Waals surface area (Å²) in [7, 11) is 36.2. The molecule has 0 spiro atoms. The Morgan fingerprint density at radius 1 is 0.363 bits per heavy atom. The number of piperazine rings is 6.